The Morgan fingerprint density at radius 3 is 2.71 bits per heavy atom. The molecular weight excluding hydrogens is 292 g/mol. The molecule has 0 fully saturated rings. The van der Waals surface area contributed by atoms with Crippen LogP contribution in [0.15, 0.2) is 30.4 Å². The van der Waals surface area contributed by atoms with Gasteiger partial charge < -0.3 is 5.11 Å². The van der Waals surface area contributed by atoms with Crippen LogP contribution in [-0.2, 0) is 16.6 Å². The van der Waals surface area contributed by atoms with Crippen LogP contribution in [0.4, 0.5) is 5.69 Å². The van der Waals surface area contributed by atoms with Crippen LogP contribution in [0, 0.1) is 0 Å². The summed E-state index contributed by atoms with van der Waals surface area (Å²) < 4.78 is 28.3. The number of hydrogen-bond acceptors (Lipinski definition) is 3. The summed E-state index contributed by atoms with van der Waals surface area (Å²) in [5, 5.41) is 9.07. The van der Waals surface area contributed by atoms with Gasteiger partial charge in [-0.15, -0.1) is 0 Å². The molecule has 0 saturated carbocycles. The number of carbonyl (C=O) groups is 1. The monoisotopic (exact) mass is 310 g/mol. The zero-order chi connectivity index (χ0) is 15.5. The fraction of sp³-hybridized carbons (Fsp3) is 0.357. The first-order valence-corrected chi connectivity index (χ1v) is 8.17. The molecule has 1 aromatic rings. The van der Waals surface area contributed by atoms with Crippen molar-refractivity contribution in [3.8, 4) is 0 Å². The third kappa shape index (κ3) is 3.62. The summed E-state index contributed by atoms with van der Waals surface area (Å²) in [7, 11) is -3.61. The normalized spacial score (nSPS) is 15.9. The summed E-state index contributed by atoms with van der Waals surface area (Å²) >= 11 is 0. The number of aromatic carboxylic acids is 1. The number of benzene rings is 1. The highest BCUT2D eigenvalue weighted by Crippen LogP contribution is 2.19. The average Bonchev–Trinajstić information content (AvgIpc) is 2.47. The van der Waals surface area contributed by atoms with E-state index in [1.165, 1.54) is 16.4 Å². The number of aryl methyl sites for hydroxylation is 1. The fourth-order valence-corrected chi connectivity index (χ4v) is 3.39. The lowest BCUT2D eigenvalue weighted by molar-refractivity contribution is 0.0696. The molecule has 1 aromatic carbocycles. The molecule has 2 rings (SSSR count). The minimum Gasteiger partial charge on any atom is -0.478 e. The SMILES string of the molecule is CCc1cc(NS(=O)(=O)N2CC=CCC2)ccc1C(=O)O. The minimum atomic E-state index is -3.61. The van der Waals surface area contributed by atoms with Crippen LogP contribution in [0.3, 0.4) is 0 Å². The highest BCUT2D eigenvalue weighted by molar-refractivity contribution is 7.90. The van der Waals surface area contributed by atoms with Gasteiger partial charge in [-0.1, -0.05) is 19.1 Å². The summed E-state index contributed by atoms with van der Waals surface area (Å²) in [5.41, 5.74) is 1.17. The molecule has 0 aliphatic carbocycles. The Morgan fingerprint density at radius 1 is 1.38 bits per heavy atom. The van der Waals surface area contributed by atoms with Crippen LogP contribution < -0.4 is 4.72 Å². The average molecular weight is 310 g/mol. The third-order valence-corrected chi connectivity index (χ3v) is 4.83. The molecule has 2 N–H and O–H groups in total. The fourth-order valence-electron chi connectivity index (χ4n) is 2.21. The molecule has 1 heterocycles. The Kier molecular flexibility index (Phi) is 4.64. The van der Waals surface area contributed by atoms with Crippen molar-refractivity contribution in [1.82, 2.24) is 4.31 Å². The largest absolute Gasteiger partial charge is 0.478 e. The molecule has 1 aliphatic rings. The Balaban J connectivity index is 2.23. The predicted octanol–water partition coefficient (Wildman–Crippen LogP) is 1.87. The standard InChI is InChI=1S/C14H18N2O4S/c1-2-11-10-12(6-7-13(11)14(17)18)15-21(19,20)16-8-4-3-5-9-16/h3-4,6-7,10,15H,2,5,8-9H2,1H3,(H,17,18). The van der Waals surface area contributed by atoms with Crippen molar-refractivity contribution in [2.75, 3.05) is 17.8 Å². The maximum absolute atomic E-state index is 12.2. The summed E-state index contributed by atoms with van der Waals surface area (Å²) in [4.78, 5) is 11.1. The van der Waals surface area contributed by atoms with Crippen molar-refractivity contribution in [3.05, 3.63) is 41.5 Å². The first-order valence-electron chi connectivity index (χ1n) is 6.73. The Hall–Kier alpha value is -1.86. The van der Waals surface area contributed by atoms with Gasteiger partial charge in [0.25, 0.3) is 0 Å². The van der Waals surface area contributed by atoms with Crippen molar-refractivity contribution < 1.29 is 18.3 Å². The smallest absolute Gasteiger partial charge is 0.335 e. The maximum Gasteiger partial charge on any atom is 0.335 e. The van der Waals surface area contributed by atoms with Crippen LogP contribution in [0.25, 0.3) is 0 Å². The summed E-state index contributed by atoms with van der Waals surface area (Å²) in [6.45, 7) is 2.62. The van der Waals surface area contributed by atoms with E-state index in [1.54, 1.807) is 6.07 Å². The molecule has 0 saturated heterocycles. The summed E-state index contributed by atoms with van der Waals surface area (Å²) in [6, 6.07) is 4.47. The number of anilines is 1. The van der Waals surface area contributed by atoms with Crippen molar-refractivity contribution in [3.63, 3.8) is 0 Å². The number of carboxylic acids is 1. The topological polar surface area (TPSA) is 86.7 Å². The van der Waals surface area contributed by atoms with Crippen molar-refractivity contribution >= 4 is 21.9 Å². The van der Waals surface area contributed by atoms with Crippen molar-refractivity contribution in [2.45, 2.75) is 19.8 Å². The number of carboxylic acid groups (broad SMARTS) is 1. The van der Waals surface area contributed by atoms with Crippen LogP contribution in [0.5, 0.6) is 0 Å². The van der Waals surface area contributed by atoms with Gasteiger partial charge in [0.2, 0.25) is 0 Å². The lowest BCUT2D eigenvalue weighted by Gasteiger charge is -2.23. The van der Waals surface area contributed by atoms with E-state index in [0.29, 0.717) is 37.2 Å². The van der Waals surface area contributed by atoms with E-state index in [9.17, 15) is 13.2 Å². The van der Waals surface area contributed by atoms with Gasteiger partial charge in [0.05, 0.1) is 11.3 Å². The number of hydrogen-bond donors (Lipinski definition) is 2. The zero-order valence-electron chi connectivity index (χ0n) is 11.7. The zero-order valence-corrected chi connectivity index (χ0v) is 12.6. The third-order valence-electron chi connectivity index (χ3n) is 3.32. The Bertz CT molecular complexity index is 668. The van der Waals surface area contributed by atoms with Crippen molar-refractivity contribution in [2.24, 2.45) is 0 Å². The first-order chi connectivity index (χ1) is 9.94. The highest BCUT2D eigenvalue weighted by atomic mass is 32.2. The lowest BCUT2D eigenvalue weighted by Crippen LogP contribution is -2.38. The summed E-state index contributed by atoms with van der Waals surface area (Å²) in [5.74, 6) is -1.01. The van der Waals surface area contributed by atoms with Gasteiger partial charge in [0.1, 0.15) is 0 Å². The second kappa shape index (κ2) is 6.28. The van der Waals surface area contributed by atoms with E-state index in [2.05, 4.69) is 4.72 Å². The number of rotatable bonds is 5. The first kappa shape index (κ1) is 15.5. The molecule has 1 aliphatic heterocycles. The van der Waals surface area contributed by atoms with E-state index >= 15 is 0 Å². The molecule has 7 heteroatoms. The molecule has 0 radical (unpaired) electrons. The van der Waals surface area contributed by atoms with Gasteiger partial charge in [-0.3, -0.25) is 4.72 Å². The molecule has 0 aromatic heterocycles. The molecule has 0 unspecified atom stereocenters. The van der Waals surface area contributed by atoms with Crippen LogP contribution in [0.1, 0.15) is 29.3 Å². The van der Waals surface area contributed by atoms with E-state index in [1.807, 2.05) is 19.1 Å². The molecule has 6 nitrogen and oxygen atoms in total. The van der Waals surface area contributed by atoms with Gasteiger partial charge in [-0.25, -0.2) is 4.79 Å². The summed E-state index contributed by atoms with van der Waals surface area (Å²) in [6.07, 6.45) is 4.97. The second-order valence-electron chi connectivity index (χ2n) is 4.76. The van der Waals surface area contributed by atoms with Crippen LogP contribution in [-0.4, -0.2) is 36.9 Å². The van der Waals surface area contributed by atoms with E-state index in [0.717, 1.165) is 0 Å². The molecule has 21 heavy (non-hydrogen) atoms. The Morgan fingerprint density at radius 2 is 2.14 bits per heavy atom. The number of nitrogens with zero attached hydrogens (tertiary/aromatic N) is 1. The molecule has 0 bridgehead atoms. The molecule has 0 atom stereocenters. The molecular formula is C14H18N2O4S. The van der Waals surface area contributed by atoms with Crippen LogP contribution >= 0.6 is 0 Å². The molecule has 0 amide bonds. The van der Waals surface area contributed by atoms with E-state index in [-0.39, 0.29) is 5.56 Å². The minimum absolute atomic E-state index is 0.196. The van der Waals surface area contributed by atoms with Gasteiger partial charge >= 0.3 is 16.2 Å². The second-order valence-corrected chi connectivity index (χ2v) is 6.43. The van der Waals surface area contributed by atoms with Gasteiger partial charge in [-0.05, 0) is 36.6 Å². The molecule has 114 valence electrons. The van der Waals surface area contributed by atoms with E-state index in [4.69, 9.17) is 5.11 Å². The lowest BCUT2D eigenvalue weighted by atomic mass is 10.0. The van der Waals surface area contributed by atoms with Gasteiger partial charge in [-0.2, -0.15) is 12.7 Å². The Labute approximate surface area is 124 Å². The van der Waals surface area contributed by atoms with Gasteiger partial charge in [0, 0.05) is 13.1 Å². The van der Waals surface area contributed by atoms with E-state index < -0.39 is 16.2 Å². The van der Waals surface area contributed by atoms with Crippen molar-refractivity contribution in [1.29, 1.82) is 0 Å². The highest BCUT2D eigenvalue weighted by Gasteiger charge is 2.22. The predicted molar refractivity (Wildman–Crippen MR) is 80.7 cm³/mol. The maximum atomic E-state index is 12.2. The molecule has 0 spiro atoms. The number of nitrogens with one attached hydrogen (secondary N) is 1. The van der Waals surface area contributed by atoms with Crippen LogP contribution in [0.2, 0.25) is 0 Å². The quantitative estimate of drug-likeness (QED) is 0.813. The van der Waals surface area contributed by atoms with Gasteiger partial charge in [0.15, 0.2) is 0 Å².